The molecule has 9 rings (SSSR count). The van der Waals surface area contributed by atoms with E-state index in [1.165, 1.54) is 0 Å². The molecule has 182 valence electrons. The third-order valence-electron chi connectivity index (χ3n) is 7.91. The Morgan fingerprint density at radius 3 is 1.95 bits per heavy atom. The highest BCUT2D eigenvalue weighted by atomic mass is 16.3. The Morgan fingerprint density at radius 2 is 1.13 bits per heavy atom. The zero-order valence-electron chi connectivity index (χ0n) is 20.1. The predicted molar refractivity (Wildman–Crippen MR) is 154 cm³/mol. The van der Waals surface area contributed by atoms with Gasteiger partial charge in [0.15, 0.2) is 11.0 Å². The Bertz CT molecular complexity index is 2730. The van der Waals surface area contributed by atoms with Gasteiger partial charge in [-0.05, 0) is 48.5 Å². The summed E-state index contributed by atoms with van der Waals surface area (Å²) in [5.41, 5.74) is 2.77. The van der Waals surface area contributed by atoms with Gasteiger partial charge in [-0.15, -0.1) is 0 Å². The van der Waals surface area contributed by atoms with Crippen molar-refractivity contribution in [3.8, 4) is 0 Å². The summed E-state index contributed by atoms with van der Waals surface area (Å²) in [6, 6.07) is 27.3. The van der Waals surface area contributed by atoms with Crippen LogP contribution in [0.5, 0.6) is 0 Å². The van der Waals surface area contributed by atoms with E-state index in [2.05, 4.69) is 0 Å². The maximum atomic E-state index is 14.3. The standard InChI is InChI=1S/C33H15NO5/c35-30-17-8-1-4-10-23(17)34-24-14-19-16-7-2-5-11-25(16)38-27(19)15-20(24)32(37)28-29(34)21(30)13-22-31(36)18-9-3-6-12-26(18)39-33(22)28/h1-15H. The van der Waals surface area contributed by atoms with Crippen LogP contribution in [-0.4, -0.2) is 4.40 Å². The molecule has 0 fully saturated rings. The van der Waals surface area contributed by atoms with Crippen LogP contribution in [0.4, 0.5) is 0 Å². The van der Waals surface area contributed by atoms with Crippen LogP contribution in [0.15, 0.2) is 114 Å². The summed E-state index contributed by atoms with van der Waals surface area (Å²) in [5, 5.41) is 3.82. The van der Waals surface area contributed by atoms with E-state index in [4.69, 9.17) is 8.83 Å². The minimum atomic E-state index is -0.323. The maximum Gasteiger partial charge on any atom is 0.201 e. The molecule has 0 unspecified atom stereocenters. The van der Waals surface area contributed by atoms with Crippen molar-refractivity contribution >= 4 is 82.0 Å². The summed E-state index contributed by atoms with van der Waals surface area (Å²) in [6.07, 6.45) is 0. The van der Waals surface area contributed by atoms with E-state index in [1.54, 1.807) is 42.5 Å². The quantitative estimate of drug-likeness (QED) is 0.169. The average Bonchev–Trinajstić information content (AvgIpc) is 3.33. The number of furan rings is 1. The molecule has 0 amide bonds. The van der Waals surface area contributed by atoms with E-state index in [0.29, 0.717) is 49.3 Å². The lowest BCUT2D eigenvalue weighted by atomic mass is 9.99. The fourth-order valence-electron chi connectivity index (χ4n) is 6.18. The van der Waals surface area contributed by atoms with Gasteiger partial charge >= 0.3 is 0 Å². The van der Waals surface area contributed by atoms with Gasteiger partial charge in [0.25, 0.3) is 0 Å². The highest BCUT2D eigenvalue weighted by Gasteiger charge is 2.23. The van der Waals surface area contributed by atoms with Crippen LogP contribution >= 0.6 is 0 Å². The van der Waals surface area contributed by atoms with E-state index in [-0.39, 0.29) is 32.6 Å². The molecule has 4 aromatic heterocycles. The van der Waals surface area contributed by atoms with Crippen molar-refractivity contribution < 1.29 is 8.83 Å². The molecule has 4 heterocycles. The van der Waals surface area contributed by atoms with Crippen LogP contribution in [0.3, 0.4) is 0 Å². The van der Waals surface area contributed by atoms with Gasteiger partial charge in [0, 0.05) is 21.5 Å². The molecule has 0 radical (unpaired) electrons. The first kappa shape index (κ1) is 20.6. The maximum absolute atomic E-state index is 14.3. The Labute approximate surface area is 216 Å². The zero-order valence-corrected chi connectivity index (χ0v) is 20.1. The molecular weight excluding hydrogens is 490 g/mol. The molecule has 0 bridgehead atoms. The molecule has 6 nitrogen and oxygen atoms in total. The molecule has 39 heavy (non-hydrogen) atoms. The Kier molecular flexibility index (Phi) is 3.62. The second-order valence-corrected chi connectivity index (χ2v) is 9.93. The van der Waals surface area contributed by atoms with E-state index in [9.17, 15) is 14.4 Å². The number of fused-ring (bicyclic) bond motifs is 10. The van der Waals surface area contributed by atoms with Crippen LogP contribution in [-0.2, 0) is 0 Å². The lowest BCUT2D eigenvalue weighted by Crippen LogP contribution is -2.16. The molecule has 0 atom stereocenters. The topological polar surface area (TPSA) is 81.9 Å². The molecule has 0 aliphatic carbocycles. The van der Waals surface area contributed by atoms with Gasteiger partial charge in [-0.1, -0.05) is 42.5 Å². The molecular formula is C33H15NO5. The van der Waals surface area contributed by atoms with Gasteiger partial charge in [0.1, 0.15) is 16.7 Å². The van der Waals surface area contributed by atoms with Crippen molar-refractivity contribution in [3.05, 3.63) is 122 Å². The first-order valence-electron chi connectivity index (χ1n) is 12.6. The van der Waals surface area contributed by atoms with E-state index in [0.717, 1.165) is 16.4 Å². The summed E-state index contributed by atoms with van der Waals surface area (Å²) < 4.78 is 14.3. The van der Waals surface area contributed by atoms with Crippen molar-refractivity contribution in [2.45, 2.75) is 0 Å². The van der Waals surface area contributed by atoms with Gasteiger partial charge in [-0.2, -0.15) is 0 Å². The SMILES string of the molecule is O=c1c2ccccc2oc2c1cc1c(=O)c3ccccc3n3c4cc5c(cc4c(=O)c2c13)oc1ccccc15. The summed E-state index contributed by atoms with van der Waals surface area (Å²) in [6.45, 7) is 0. The molecule has 9 aromatic rings. The fourth-order valence-corrected chi connectivity index (χ4v) is 6.18. The lowest BCUT2D eigenvalue weighted by Gasteiger charge is -2.15. The number of nitrogens with zero attached hydrogens (tertiary/aromatic N) is 1. The molecule has 0 N–H and O–H groups in total. The van der Waals surface area contributed by atoms with E-state index in [1.807, 2.05) is 52.9 Å². The van der Waals surface area contributed by atoms with Gasteiger partial charge in [0.05, 0.1) is 38.1 Å². The number of hydrogen-bond donors (Lipinski definition) is 0. The van der Waals surface area contributed by atoms with Crippen molar-refractivity contribution in [3.63, 3.8) is 0 Å². The molecule has 0 aliphatic heterocycles. The minimum absolute atomic E-state index is 0.176. The predicted octanol–water partition coefficient (Wildman–Crippen LogP) is 6.72. The zero-order chi connectivity index (χ0) is 26.0. The second-order valence-electron chi connectivity index (χ2n) is 9.93. The van der Waals surface area contributed by atoms with Crippen LogP contribution < -0.4 is 16.3 Å². The molecule has 5 aromatic carbocycles. The van der Waals surface area contributed by atoms with Gasteiger partial charge in [-0.25, -0.2) is 0 Å². The smallest absolute Gasteiger partial charge is 0.201 e. The van der Waals surface area contributed by atoms with Gasteiger partial charge < -0.3 is 13.2 Å². The number of hydrogen-bond acceptors (Lipinski definition) is 5. The van der Waals surface area contributed by atoms with Crippen molar-refractivity contribution in [2.24, 2.45) is 0 Å². The van der Waals surface area contributed by atoms with Gasteiger partial charge in [-0.3, -0.25) is 14.4 Å². The normalized spacial score (nSPS) is 12.4. The van der Waals surface area contributed by atoms with Crippen LogP contribution in [0.25, 0.3) is 82.0 Å². The number of rotatable bonds is 0. The Hall–Kier alpha value is -5.49. The number of aromatic nitrogens is 1. The monoisotopic (exact) mass is 505 g/mol. The molecule has 0 aliphatic rings. The average molecular weight is 505 g/mol. The number of benzene rings is 5. The third kappa shape index (κ3) is 2.43. The van der Waals surface area contributed by atoms with Crippen LogP contribution in [0.2, 0.25) is 0 Å². The Balaban J connectivity index is 1.68. The summed E-state index contributed by atoms with van der Waals surface area (Å²) in [5.74, 6) is 0. The summed E-state index contributed by atoms with van der Waals surface area (Å²) >= 11 is 0. The lowest BCUT2D eigenvalue weighted by molar-refractivity contribution is 0.663. The fraction of sp³-hybridized carbons (Fsp3) is 0. The largest absolute Gasteiger partial charge is 0.456 e. The minimum Gasteiger partial charge on any atom is -0.456 e. The van der Waals surface area contributed by atoms with Crippen LogP contribution in [0.1, 0.15) is 0 Å². The number of pyridine rings is 2. The van der Waals surface area contributed by atoms with Crippen molar-refractivity contribution in [1.82, 2.24) is 4.40 Å². The van der Waals surface area contributed by atoms with E-state index >= 15 is 0 Å². The first-order valence-corrected chi connectivity index (χ1v) is 12.6. The molecule has 0 spiro atoms. The van der Waals surface area contributed by atoms with Crippen LogP contribution in [0, 0.1) is 0 Å². The summed E-state index contributed by atoms with van der Waals surface area (Å²) in [4.78, 5) is 41.8. The highest BCUT2D eigenvalue weighted by Crippen LogP contribution is 2.36. The third-order valence-corrected chi connectivity index (χ3v) is 7.91. The van der Waals surface area contributed by atoms with Gasteiger partial charge in [0.2, 0.25) is 10.9 Å². The molecule has 0 saturated carbocycles. The van der Waals surface area contributed by atoms with E-state index < -0.39 is 0 Å². The second kappa shape index (κ2) is 6.88. The Morgan fingerprint density at radius 1 is 0.462 bits per heavy atom. The molecule has 0 saturated heterocycles. The molecule has 6 heteroatoms. The number of para-hydroxylation sites is 3. The van der Waals surface area contributed by atoms with Crippen molar-refractivity contribution in [1.29, 1.82) is 0 Å². The van der Waals surface area contributed by atoms with Crippen molar-refractivity contribution in [2.75, 3.05) is 0 Å². The summed E-state index contributed by atoms with van der Waals surface area (Å²) in [7, 11) is 0. The first-order chi connectivity index (χ1) is 19.1. The highest BCUT2D eigenvalue weighted by molar-refractivity contribution is 6.19.